The third-order valence-electron chi connectivity index (χ3n) is 1.67. The summed E-state index contributed by atoms with van der Waals surface area (Å²) >= 11 is 0. The number of hydrogen-bond donors (Lipinski definition) is 0. The summed E-state index contributed by atoms with van der Waals surface area (Å²) in [7, 11) is 0. The molecule has 0 fully saturated rings. The predicted octanol–water partition coefficient (Wildman–Crippen LogP) is 1.55. The second-order valence-corrected chi connectivity index (χ2v) is 2.30. The zero-order chi connectivity index (χ0) is 6.69. The lowest BCUT2D eigenvalue weighted by Crippen LogP contribution is -2.31. The van der Waals surface area contributed by atoms with Crippen LogP contribution in [0.1, 0.15) is 6.92 Å². The van der Waals surface area contributed by atoms with Gasteiger partial charge in [-0.25, -0.2) is 0 Å². The van der Waals surface area contributed by atoms with Crippen molar-refractivity contribution in [2.45, 2.75) is 13.7 Å². The van der Waals surface area contributed by atoms with Crippen molar-refractivity contribution in [1.29, 1.82) is 0 Å². The van der Waals surface area contributed by atoms with Crippen LogP contribution in [0.15, 0.2) is 24.3 Å². The maximum atomic E-state index is 2.29. The molecule has 0 aliphatic carbocycles. The molecular weight excluding hydrogens is 109 g/mol. The van der Waals surface area contributed by atoms with Crippen molar-refractivity contribution >= 4 is 6.85 Å². The summed E-state index contributed by atoms with van der Waals surface area (Å²) < 4.78 is 0. The average Bonchev–Trinajstić information content (AvgIpc) is 1.89. The molecule has 0 amide bonds. The SMILES string of the molecule is CCN1C=CC=CB1C. The summed E-state index contributed by atoms with van der Waals surface area (Å²) in [6.07, 6.45) is 6.30. The van der Waals surface area contributed by atoms with Gasteiger partial charge in [-0.15, -0.1) is 0 Å². The number of allylic oxidation sites excluding steroid dienone is 2. The predicted molar refractivity (Wildman–Crippen MR) is 42.3 cm³/mol. The van der Waals surface area contributed by atoms with Crippen LogP contribution in [0.2, 0.25) is 6.82 Å². The van der Waals surface area contributed by atoms with E-state index in [0.717, 1.165) is 6.54 Å². The molecule has 1 nitrogen and oxygen atoms in total. The summed E-state index contributed by atoms with van der Waals surface area (Å²) in [5.41, 5.74) is 0. The van der Waals surface area contributed by atoms with Gasteiger partial charge >= 0.3 is 0 Å². The second kappa shape index (κ2) is 2.76. The second-order valence-electron chi connectivity index (χ2n) is 2.30. The largest absolute Gasteiger partial charge is 0.417 e. The first-order valence-corrected chi connectivity index (χ1v) is 3.45. The number of nitrogens with zero attached hydrogens (tertiary/aromatic N) is 1. The Labute approximate surface area is 57.1 Å². The van der Waals surface area contributed by atoms with Crippen LogP contribution in [-0.4, -0.2) is 18.2 Å². The van der Waals surface area contributed by atoms with E-state index in [4.69, 9.17) is 0 Å². The summed E-state index contributed by atoms with van der Waals surface area (Å²) in [6.45, 7) is 6.05. The average molecular weight is 121 g/mol. The van der Waals surface area contributed by atoms with Gasteiger partial charge in [0.05, 0.1) is 0 Å². The van der Waals surface area contributed by atoms with Crippen LogP contribution in [0, 0.1) is 0 Å². The first kappa shape index (κ1) is 6.46. The summed E-state index contributed by atoms with van der Waals surface area (Å²) in [6, 6.07) is 0. The van der Waals surface area contributed by atoms with Crippen LogP contribution in [0.4, 0.5) is 0 Å². The molecular formula is C7H12BN. The molecule has 0 atom stereocenters. The highest BCUT2D eigenvalue weighted by Gasteiger charge is 2.09. The molecule has 1 aliphatic heterocycles. The summed E-state index contributed by atoms with van der Waals surface area (Å²) in [4.78, 5) is 2.29. The summed E-state index contributed by atoms with van der Waals surface area (Å²) in [5, 5.41) is 0. The van der Waals surface area contributed by atoms with Crippen molar-refractivity contribution in [2.75, 3.05) is 6.54 Å². The van der Waals surface area contributed by atoms with E-state index in [-0.39, 0.29) is 0 Å². The van der Waals surface area contributed by atoms with Crippen molar-refractivity contribution in [3.63, 3.8) is 0 Å². The van der Waals surface area contributed by atoms with E-state index >= 15 is 0 Å². The molecule has 0 radical (unpaired) electrons. The Kier molecular flexibility index (Phi) is 1.98. The highest BCUT2D eigenvalue weighted by atomic mass is 15.0. The normalized spacial score (nSPS) is 17.1. The van der Waals surface area contributed by atoms with Crippen molar-refractivity contribution in [1.82, 2.24) is 4.81 Å². The minimum atomic E-state index is 0.583. The molecule has 0 aromatic rings. The van der Waals surface area contributed by atoms with Gasteiger partial charge in [-0.2, -0.15) is 0 Å². The summed E-state index contributed by atoms with van der Waals surface area (Å²) in [5.74, 6) is 2.20. The lowest BCUT2D eigenvalue weighted by atomic mass is 9.62. The minimum absolute atomic E-state index is 0.583. The molecule has 0 bridgehead atoms. The maximum Gasteiger partial charge on any atom is 0.277 e. The molecule has 0 unspecified atom stereocenters. The van der Waals surface area contributed by atoms with Crippen molar-refractivity contribution in [2.24, 2.45) is 0 Å². The Balaban J connectivity index is 2.55. The number of hydrogen-bond acceptors (Lipinski definition) is 1. The Morgan fingerprint density at radius 3 is 2.67 bits per heavy atom. The third-order valence-corrected chi connectivity index (χ3v) is 1.67. The van der Waals surface area contributed by atoms with Crippen molar-refractivity contribution in [3.8, 4) is 0 Å². The van der Waals surface area contributed by atoms with Crippen LogP contribution in [0.5, 0.6) is 0 Å². The molecule has 0 N–H and O–H groups in total. The van der Waals surface area contributed by atoms with E-state index in [1.807, 2.05) is 0 Å². The monoisotopic (exact) mass is 121 g/mol. The quantitative estimate of drug-likeness (QED) is 0.475. The van der Waals surface area contributed by atoms with Crippen molar-refractivity contribution in [3.05, 3.63) is 24.3 Å². The van der Waals surface area contributed by atoms with Gasteiger partial charge in [-0.3, -0.25) is 0 Å². The maximum absolute atomic E-state index is 2.29. The van der Waals surface area contributed by atoms with Crippen LogP contribution >= 0.6 is 0 Å². The van der Waals surface area contributed by atoms with Gasteiger partial charge in [0.1, 0.15) is 0 Å². The lowest BCUT2D eigenvalue weighted by molar-refractivity contribution is 0.613. The van der Waals surface area contributed by atoms with Gasteiger partial charge in [-0.05, 0) is 19.2 Å². The highest BCUT2D eigenvalue weighted by Crippen LogP contribution is 2.02. The van der Waals surface area contributed by atoms with Gasteiger partial charge in [-0.1, -0.05) is 18.9 Å². The topological polar surface area (TPSA) is 3.24 Å². The molecule has 1 rings (SSSR count). The van der Waals surface area contributed by atoms with E-state index < -0.39 is 0 Å². The van der Waals surface area contributed by atoms with E-state index in [0.29, 0.717) is 6.85 Å². The molecule has 0 spiro atoms. The van der Waals surface area contributed by atoms with E-state index in [9.17, 15) is 0 Å². The number of rotatable bonds is 1. The minimum Gasteiger partial charge on any atom is -0.417 e. The standard InChI is InChI=1S/C7H12BN/c1-3-9-7-5-4-6-8(9)2/h4-7H,3H2,1-2H3. The highest BCUT2D eigenvalue weighted by molar-refractivity contribution is 6.60. The Hall–Kier alpha value is -0.655. The van der Waals surface area contributed by atoms with E-state index in [1.165, 1.54) is 0 Å². The Bertz CT molecular complexity index is 140. The molecule has 1 aliphatic rings. The first-order chi connectivity index (χ1) is 4.34. The smallest absolute Gasteiger partial charge is 0.277 e. The molecule has 9 heavy (non-hydrogen) atoms. The van der Waals surface area contributed by atoms with Gasteiger partial charge in [0.25, 0.3) is 6.85 Å². The van der Waals surface area contributed by atoms with E-state index in [1.54, 1.807) is 0 Å². The van der Waals surface area contributed by atoms with Crippen LogP contribution in [0.3, 0.4) is 0 Å². The molecule has 48 valence electrons. The van der Waals surface area contributed by atoms with Crippen LogP contribution in [0.25, 0.3) is 0 Å². The molecule has 0 saturated carbocycles. The fourth-order valence-corrected chi connectivity index (χ4v) is 1.02. The fourth-order valence-electron chi connectivity index (χ4n) is 1.02. The Morgan fingerprint density at radius 2 is 2.22 bits per heavy atom. The molecule has 0 saturated heterocycles. The molecule has 0 aromatic heterocycles. The zero-order valence-electron chi connectivity index (χ0n) is 6.04. The third kappa shape index (κ3) is 1.38. The Morgan fingerprint density at radius 1 is 1.44 bits per heavy atom. The first-order valence-electron chi connectivity index (χ1n) is 3.45. The fraction of sp³-hybridized carbons (Fsp3) is 0.429. The van der Waals surface area contributed by atoms with Gasteiger partial charge in [0, 0.05) is 6.54 Å². The van der Waals surface area contributed by atoms with E-state index in [2.05, 4.69) is 42.9 Å². The van der Waals surface area contributed by atoms with Crippen molar-refractivity contribution < 1.29 is 0 Å². The van der Waals surface area contributed by atoms with Gasteiger partial charge in [0.15, 0.2) is 0 Å². The van der Waals surface area contributed by atoms with Crippen LogP contribution < -0.4 is 0 Å². The zero-order valence-corrected chi connectivity index (χ0v) is 6.04. The molecule has 2 heteroatoms. The molecule has 1 heterocycles. The van der Waals surface area contributed by atoms with Crippen LogP contribution in [-0.2, 0) is 0 Å². The van der Waals surface area contributed by atoms with Gasteiger partial charge in [0.2, 0.25) is 0 Å². The lowest BCUT2D eigenvalue weighted by Gasteiger charge is -2.23. The molecule has 0 aromatic carbocycles. The van der Waals surface area contributed by atoms with Gasteiger partial charge < -0.3 is 4.81 Å².